The summed E-state index contributed by atoms with van der Waals surface area (Å²) >= 11 is 0. The molecular formula is C13H12O. The number of allylic oxidation sites excluding steroid dienone is 2. The predicted molar refractivity (Wildman–Crippen MR) is 59.0 cm³/mol. The van der Waals surface area contributed by atoms with Gasteiger partial charge in [0, 0.05) is 11.1 Å². The van der Waals surface area contributed by atoms with Crippen molar-refractivity contribution < 1.29 is 5.11 Å². The second-order valence-electron chi connectivity index (χ2n) is 3.55. The van der Waals surface area contributed by atoms with Crippen LogP contribution in [0.15, 0.2) is 54.3 Å². The largest absolute Gasteiger partial charge is 0.507 e. The summed E-state index contributed by atoms with van der Waals surface area (Å²) < 4.78 is 0. The van der Waals surface area contributed by atoms with Crippen molar-refractivity contribution in [3.8, 4) is 0 Å². The van der Waals surface area contributed by atoms with Gasteiger partial charge in [0.15, 0.2) is 0 Å². The Labute approximate surface area is 83.7 Å². The molecule has 0 bridgehead atoms. The Kier molecular flexibility index (Phi) is 1.81. The highest BCUT2D eigenvalue weighted by atomic mass is 16.3. The van der Waals surface area contributed by atoms with Crippen molar-refractivity contribution in [2.24, 2.45) is 0 Å². The molecule has 1 heteroatoms. The maximum Gasteiger partial charge on any atom is 0.131 e. The molecule has 14 heavy (non-hydrogen) atoms. The van der Waals surface area contributed by atoms with Gasteiger partial charge in [0.25, 0.3) is 0 Å². The highest BCUT2D eigenvalue weighted by Crippen LogP contribution is 2.42. The maximum absolute atomic E-state index is 9.59. The number of aliphatic hydroxyl groups excluding tert-OH is 1. The quantitative estimate of drug-likeness (QED) is 0.709. The molecule has 1 N–H and O–H groups in total. The van der Waals surface area contributed by atoms with E-state index in [2.05, 4.69) is 13.2 Å². The van der Waals surface area contributed by atoms with Crippen LogP contribution in [0.4, 0.5) is 0 Å². The van der Waals surface area contributed by atoms with Crippen molar-refractivity contribution in [2.45, 2.75) is 6.92 Å². The van der Waals surface area contributed by atoms with Crippen molar-refractivity contribution in [1.82, 2.24) is 0 Å². The van der Waals surface area contributed by atoms with E-state index in [1.54, 1.807) is 0 Å². The molecule has 0 saturated heterocycles. The van der Waals surface area contributed by atoms with Crippen LogP contribution in [0.1, 0.15) is 11.1 Å². The summed E-state index contributed by atoms with van der Waals surface area (Å²) in [6, 6.07) is 8.00. The zero-order valence-electron chi connectivity index (χ0n) is 8.17. The molecule has 1 aliphatic carbocycles. The van der Waals surface area contributed by atoms with Gasteiger partial charge in [-0.05, 0) is 18.1 Å². The molecule has 0 amide bonds. The minimum absolute atomic E-state index is 0.277. The summed E-state index contributed by atoms with van der Waals surface area (Å²) in [5, 5.41) is 9.59. The zero-order chi connectivity index (χ0) is 10.3. The van der Waals surface area contributed by atoms with Crippen LogP contribution in [0.5, 0.6) is 0 Å². The average Bonchev–Trinajstić information content (AvgIpc) is 2.21. The lowest BCUT2D eigenvalue weighted by atomic mass is 9.81. The van der Waals surface area contributed by atoms with Gasteiger partial charge < -0.3 is 5.11 Å². The van der Waals surface area contributed by atoms with Crippen LogP contribution in [0.2, 0.25) is 0 Å². The molecule has 0 spiro atoms. The Bertz CT molecular complexity index is 447. The van der Waals surface area contributed by atoms with Gasteiger partial charge in [-0.1, -0.05) is 43.0 Å². The Balaban J connectivity index is 2.48. The predicted octanol–water partition coefficient (Wildman–Crippen LogP) is 3.39. The molecule has 1 aromatic carbocycles. The molecule has 0 unspecified atom stereocenters. The molecule has 0 saturated carbocycles. The standard InChI is InChI=1S/C13H12O/c1-8-4-6-11(7-5-8)12-9(2)10(3)13(12)14/h4-7,14H,2-3H2,1H3. The summed E-state index contributed by atoms with van der Waals surface area (Å²) in [6.45, 7) is 9.60. The number of aryl methyl sites for hydroxylation is 1. The van der Waals surface area contributed by atoms with E-state index in [0.717, 1.165) is 16.7 Å². The molecule has 0 aliphatic heterocycles. The maximum atomic E-state index is 9.59. The molecular weight excluding hydrogens is 172 g/mol. The smallest absolute Gasteiger partial charge is 0.131 e. The lowest BCUT2D eigenvalue weighted by Gasteiger charge is -2.24. The van der Waals surface area contributed by atoms with E-state index in [9.17, 15) is 5.11 Å². The van der Waals surface area contributed by atoms with E-state index in [1.807, 2.05) is 31.2 Å². The molecule has 1 aliphatic rings. The number of benzene rings is 1. The van der Waals surface area contributed by atoms with Gasteiger partial charge in [-0.3, -0.25) is 0 Å². The van der Waals surface area contributed by atoms with Crippen molar-refractivity contribution in [3.05, 3.63) is 65.5 Å². The number of hydrogen-bond acceptors (Lipinski definition) is 1. The summed E-state index contributed by atoms with van der Waals surface area (Å²) in [6.07, 6.45) is 0. The van der Waals surface area contributed by atoms with Gasteiger partial charge in [0.2, 0.25) is 0 Å². The Morgan fingerprint density at radius 2 is 1.57 bits per heavy atom. The van der Waals surface area contributed by atoms with Crippen LogP contribution in [0.3, 0.4) is 0 Å². The van der Waals surface area contributed by atoms with Crippen LogP contribution in [-0.2, 0) is 0 Å². The van der Waals surface area contributed by atoms with Crippen molar-refractivity contribution >= 4 is 5.57 Å². The number of aliphatic hydroxyl groups is 1. The first-order valence-electron chi connectivity index (χ1n) is 4.50. The first kappa shape index (κ1) is 8.82. The van der Waals surface area contributed by atoms with Gasteiger partial charge in [-0.15, -0.1) is 0 Å². The third-order valence-corrected chi connectivity index (χ3v) is 2.53. The van der Waals surface area contributed by atoms with E-state index in [-0.39, 0.29) is 5.76 Å². The van der Waals surface area contributed by atoms with Crippen LogP contribution in [-0.4, -0.2) is 5.11 Å². The van der Waals surface area contributed by atoms with E-state index in [1.165, 1.54) is 5.56 Å². The normalized spacial score (nSPS) is 15.8. The van der Waals surface area contributed by atoms with E-state index >= 15 is 0 Å². The zero-order valence-corrected chi connectivity index (χ0v) is 8.17. The van der Waals surface area contributed by atoms with E-state index < -0.39 is 0 Å². The second-order valence-corrected chi connectivity index (χ2v) is 3.55. The average molecular weight is 184 g/mol. The molecule has 70 valence electrons. The molecule has 0 aromatic heterocycles. The highest BCUT2D eigenvalue weighted by Gasteiger charge is 2.26. The van der Waals surface area contributed by atoms with Crippen LogP contribution >= 0.6 is 0 Å². The van der Waals surface area contributed by atoms with Crippen molar-refractivity contribution in [2.75, 3.05) is 0 Å². The fraction of sp³-hybridized carbons (Fsp3) is 0.0769. The van der Waals surface area contributed by atoms with Crippen molar-refractivity contribution in [1.29, 1.82) is 0 Å². The summed E-state index contributed by atoms with van der Waals surface area (Å²) in [4.78, 5) is 0. The van der Waals surface area contributed by atoms with Crippen LogP contribution < -0.4 is 0 Å². The molecule has 0 radical (unpaired) electrons. The SMILES string of the molecule is C=C1C(=C)C(c2ccc(C)cc2)=C1O. The number of rotatable bonds is 1. The van der Waals surface area contributed by atoms with E-state index in [4.69, 9.17) is 0 Å². The third kappa shape index (κ3) is 1.10. The first-order valence-corrected chi connectivity index (χ1v) is 4.50. The van der Waals surface area contributed by atoms with Gasteiger partial charge >= 0.3 is 0 Å². The molecule has 1 aromatic rings. The monoisotopic (exact) mass is 184 g/mol. The lowest BCUT2D eigenvalue weighted by molar-refractivity contribution is 0.421. The fourth-order valence-electron chi connectivity index (χ4n) is 1.56. The highest BCUT2D eigenvalue weighted by molar-refractivity contribution is 5.96. The molecule has 0 heterocycles. The third-order valence-electron chi connectivity index (χ3n) is 2.53. The van der Waals surface area contributed by atoms with Gasteiger partial charge in [0.1, 0.15) is 5.76 Å². The molecule has 1 nitrogen and oxygen atoms in total. The van der Waals surface area contributed by atoms with Crippen LogP contribution in [0.25, 0.3) is 5.57 Å². The van der Waals surface area contributed by atoms with Gasteiger partial charge in [-0.2, -0.15) is 0 Å². The summed E-state index contributed by atoms with van der Waals surface area (Å²) in [7, 11) is 0. The fourth-order valence-corrected chi connectivity index (χ4v) is 1.56. The van der Waals surface area contributed by atoms with Crippen LogP contribution in [0, 0.1) is 6.92 Å². The van der Waals surface area contributed by atoms with Gasteiger partial charge in [-0.25, -0.2) is 0 Å². The Morgan fingerprint density at radius 3 is 2.07 bits per heavy atom. The summed E-state index contributed by atoms with van der Waals surface area (Å²) in [5.41, 5.74) is 4.53. The second kappa shape index (κ2) is 2.88. The van der Waals surface area contributed by atoms with Gasteiger partial charge in [0.05, 0.1) is 0 Å². The minimum Gasteiger partial charge on any atom is -0.507 e. The van der Waals surface area contributed by atoms with Crippen molar-refractivity contribution in [3.63, 3.8) is 0 Å². The van der Waals surface area contributed by atoms with E-state index in [0.29, 0.717) is 5.57 Å². The topological polar surface area (TPSA) is 20.2 Å². The summed E-state index contributed by atoms with van der Waals surface area (Å²) in [5.74, 6) is 0.277. The first-order chi connectivity index (χ1) is 6.61. The lowest BCUT2D eigenvalue weighted by Crippen LogP contribution is -2.09. The molecule has 2 rings (SSSR count). The number of hydrogen-bond donors (Lipinski definition) is 1. The molecule has 0 atom stereocenters. The Morgan fingerprint density at radius 1 is 1.00 bits per heavy atom. The minimum atomic E-state index is 0.277. The Hall–Kier alpha value is -1.76. The molecule has 0 fully saturated rings.